The van der Waals surface area contributed by atoms with E-state index in [0.29, 0.717) is 5.70 Å². The second-order valence-electron chi connectivity index (χ2n) is 4.08. The summed E-state index contributed by atoms with van der Waals surface area (Å²) >= 11 is 0. The van der Waals surface area contributed by atoms with Crippen molar-refractivity contribution in [1.82, 2.24) is 5.06 Å². The summed E-state index contributed by atoms with van der Waals surface area (Å²) in [5.74, 6) is 0. The molecule has 1 aromatic rings. The van der Waals surface area contributed by atoms with Gasteiger partial charge in [0, 0.05) is 6.20 Å². The molecule has 0 aliphatic carbocycles. The molecule has 20 heavy (non-hydrogen) atoms. The van der Waals surface area contributed by atoms with Crippen LogP contribution in [0.3, 0.4) is 0 Å². The smallest absolute Gasteiger partial charge is 0.284 e. The number of hydrogen-bond donors (Lipinski definition) is 1. The Morgan fingerprint density at radius 2 is 1.90 bits per heavy atom. The molecular weight excluding hydrogens is 278 g/mol. The molecule has 1 N–H and O–H groups in total. The van der Waals surface area contributed by atoms with E-state index >= 15 is 0 Å². The van der Waals surface area contributed by atoms with Gasteiger partial charge in [0.2, 0.25) is 0 Å². The molecule has 0 bridgehead atoms. The Hall–Kier alpha value is -2.25. The van der Waals surface area contributed by atoms with E-state index in [4.69, 9.17) is 0 Å². The van der Waals surface area contributed by atoms with Crippen molar-refractivity contribution in [3.63, 3.8) is 0 Å². The molecule has 0 fully saturated rings. The van der Waals surface area contributed by atoms with E-state index in [2.05, 4.69) is 9.63 Å². The summed E-state index contributed by atoms with van der Waals surface area (Å²) in [5, 5.41) is 13.7. The first-order valence-electron chi connectivity index (χ1n) is 5.76. The van der Waals surface area contributed by atoms with Gasteiger partial charge in [-0.15, -0.1) is 5.11 Å². The van der Waals surface area contributed by atoms with Gasteiger partial charge in [-0.1, -0.05) is 28.3 Å². The highest BCUT2D eigenvalue weighted by atomic mass is 32.2. The van der Waals surface area contributed by atoms with Crippen LogP contribution >= 0.6 is 0 Å². The maximum absolute atomic E-state index is 11.9. The molecule has 1 aliphatic heterocycles. The van der Waals surface area contributed by atoms with Crippen molar-refractivity contribution in [1.29, 1.82) is 0 Å². The first-order valence-corrected chi connectivity index (χ1v) is 7.20. The largest absolute Gasteiger partial charge is 0.299 e. The number of hydrogen-bond acceptors (Lipinski definition) is 5. The van der Waals surface area contributed by atoms with Crippen molar-refractivity contribution in [2.45, 2.75) is 11.8 Å². The van der Waals surface area contributed by atoms with Crippen molar-refractivity contribution in [3.05, 3.63) is 66.2 Å². The monoisotopic (exact) mass is 291 g/mol. The van der Waals surface area contributed by atoms with Crippen LogP contribution in [0.4, 0.5) is 0 Å². The highest BCUT2D eigenvalue weighted by molar-refractivity contribution is 7.90. The third-order valence-corrected chi connectivity index (χ3v) is 3.71. The number of sulfonamides is 1. The summed E-state index contributed by atoms with van der Waals surface area (Å²) in [6, 6.07) is 6.31. The van der Waals surface area contributed by atoms with E-state index in [9.17, 15) is 13.6 Å². The van der Waals surface area contributed by atoms with E-state index in [1.807, 2.05) is 6.92 Å². The van der Waals surface area contributed by atoms with Gasteiger partial charge in [0.1, 0.15) is 0 Å². The first kappa shape index (κ1) is 14.2. The van der Waals surface area contributed by atoms with Gasteiger partial charge in [-0.25, -0.2) is 5.06 Å². The van der Waals surface area contributed by atoms with Crippen molar-refractivity contribution in [2.24, 2.45) is 9.63 Å². The molecule has 0 aromatic heterocycles. The van der Waals surface area contributed by atoms with Crippen molar-refractivity contribution < 1.29 is 13.6 Å². The van der Waals surface area contributed by atoms with Gasteiger partial charge in [-0.2, -0.15) is 8.42 Å². The summed E-state index contributed by atoms with van der Waals surface area (Å²) in [4.78, 5) is 0.0742. The standard InChI is InChI=1S/C13H13N3O3S/c1-11-5-7-13(8-6-11)20(18,19)15-14-10-12-4-2-3-9-16(12)17/h2-10,17H,1H3/b12-10+,15-14?. The van der Waals surface area contributed by atoms with E-state index < -0.39 is 10.0 Å². The SMILES string of the molecule is Cc1ccc(S(=O)(=O)N=N/C=C2\C=CC=CN2O)cc1. The molecule has 0 unspecified atom stereocenters. The van der Waals surface area contributed by atoms with Gasteiger partial charge in [-0.05, 0) is 31.2 Å². The average molecular weight is 291 g/mol. The minimum absolute atomic E-state index is 0.0742. The van der Waals surface area contributed by atoms with Gasteiger partial charge in [0.15, 0.2) is 0 Å². The third-order valence-electron chi connectivity index (χ3n) is 2.53. The number of benzene rings is 1. The first-order chi connectivity index (χ1) is 9.49. The summed E-state index contributed by atoms with van der Waals surface area (Å²) in [6.07, 6.45) is 7.43. The minimum atomic E-state index is -3.82. The molecule has 1 aliphatic rings. The van der Waals surface area contributed by atoms with Crippen LogP contribution in [0, 0.1) is 6.92 Å². The van der Waals surface area contributed by atoms with Crippen molar-refractivity contribution >= 4 is 10.0 Å². The van der Waals surface area contributed by atoms with E-state index in [-0.39, 0.29) is 4.90 Å². The zero-order chi connectivity index (χ0) is 14.6. The maximum Gasteiger partial charge on any atom is 0.299 e. The fourth-order valence-corrected chi connectivity index (χ4v) is 2.20. The van der Waals surface area contributed by atoms with Gasteiger partial charge in [-0.3, -0.25) is 5.21 Å². The fourth-order valence-electron chi connectivity index (χ4n) is 1.45. The molecule has 6 nitrogen and oxygen atoms in total. The molecule has 0 spiro atoms. The molecule has 2 rings (SSSR count). The highest BCUT2D eigenvalue weighted by Crippen LogP contribution is 2.14. The van der Waals surface area contributed by atoms with Gasteiger partial charge < -0.3 is 0 Å². The maximum atomic E-state index is 11.9. The second kappa shape index (κ2) is 5.81. The van der Waals surface area contributed by atoms with Crippen LogP contribution in [-0.2, 0) is 10.0 Å². The second-order valence-corrected chi connectivity index (χ2v) is 5.67. The lowest BCUT2D eigenvalue weighted by atomic mass is 10.2. The number of aryl methyl sites for hydroxylation is 1. The number of rotatable bonds is 3. The van der Waals surface area contributed by atoms with Crippen molar-refractivity contribution in [3.8, 4) is 0 Å². The zero-order valence-corrected chi connectivity index (χ0v) is 11.5. The lowest BCUT2D eigenvalue weighted by molar-refractivity contribution is -0.000512. The number of nitrogens with zero attached hydrogens (tertiary/aromatic N) is 3. The summed E-state index contributed by atoms with van der Waals surface area (Å²) < 4.78 is 27.0. The van der Waals surface area contributed by atoms with Crippen LogP contribution < -0.4 is 0 Å². The van der Waals surface area contributed by atoms with Crippen LogP contribution in [0.1, 0.15) is 5.56 Å². The van der Waals surface area contributed by atoms with Gasteiger partial charge >= 0.3 is 0 Å². The quantitative estimate of drug-likeness (QED) is 0.868. The zero-order valence-electron chi connectivity index (χ0n) is 10.7. The lowest BCUT2D eigenvalue weighted by Gasteiger charge is -2.13. The van der Waals surface area contributed by atoms with E-state index in [0.717, 1.165) is 16.8 Å². The molecule has 0 saturated heterocycles. The minimum Gasteiger partial charge on any atom is -0.284 e. The predicted molar refractivity (Wildman–Crippen MR) is 73.2 cm³/mol. The molecule has 0 atom stereocenters. The van der Waals surface area contributed by atoms with Crippen LogP contribution in [0.15, 0.2) is 75.1 Å². The highest BCUT2D eigenvalue weighted by Gasteiger charge is 2.12. The Bertz CT molecular complexity index is 701. The molecule has 1 aromatic carbocycles. The molecule has 0 amide bonds. The summed E-state index contributed by atoms with van der Waals surface area (Å²) in [5.41, 5.74) is 1.27. The molecule has 1 heterocycles. The van der Waals surface area contributed by atoms with Crippen LogP contribution in [0.2, 0.25) is 0 Å². The van der Waals surface area contributed by atoms with Crippen LogP contribution in [-0.4, -0.2) is 18.7 Å². The van der Waals surface area contributed by atoms with Gasteiger partial charge in [0.05, 0.1) is 16.8 Å². The lowest BCUT2D eigenvalue weighted by Crippen LogP contribution is -2.10. The average Bonchev–Trinajstić information content (AvgIpc) is 2.41. The topological polar surface area (TPSA) is 82.3 Å². The van der Waals surface area contributed by atoms with E-state index in [1.165, 1.54) is 18.3 Å². The van der Waals surface area contributed by atoms with E-state index in [1.54, 1.807) is 30.4 Å². The summed E-state index contributed by atoms with van der Waals surface area (Å²) in [6.45, 7) is 1.86. The molecule has 104 valence electrons. The third kappa shape index (κ3) is 3.40. The fraction of sp³-hybridized carbons (Fsp3) is 0.0769. The Kier molecular flexibility index (Phi) is 4.11. The normalized spacial score (nSPS) is 17.3. The van der Waals surface area contributed by atoms with Crippen molar-refractivity contribution in [2.75, 3.05) is 0 Å². The van der Waals surface area contributed by atoms with Crippen LogP contribution in [0.5, 0.6) is 0 Å². The Morgan fingerprint density at radius 1 is 1.20 bits per heavy atom. The summed E-state index contributed by atoms with van der Waals surface area (Å²) in [7, 11) is -3.82. The molecular formula is C13H13N3O3S. The Morgan fingerprint density at radius 3 is 2.55 bits per heavy atom. The Balaban J connectivity index is 2.18. The predicted octanol–water partition coefficient (Wildman–Crippen LogP) is 2.75. The molecule has 7 heteroatoms. The molecule has 0 saturated carbocycles. The molecule has 0 radical (unpaired) electrons. The number of allylic oxidation sites excluding steroid dienone is 3. The van der Waals surface area contributed by atoms with Gasteiger partial charge in [0.25, 0.3) is 10.0 Å². The Labute approximate surface area is 117 Å². The van der Waals surface area contributed by atoms with Crippen LogP contribution in [0.25, 0.3) is 0 Å². The number of hydroxylamine groups is 2.